The first-order valence-electron chi connectivity index (χ1n) is 9.38. The van der Waals surface area contributed by atoms with Crippen LogP contribution in [0.5, 0.6) is 0 Å². The highest BCUT2D eigenvalue weighted by Gasteiger charge is 2.31. The largest absolute Gasteiger partial charge is 0.481 e. The molecule has 0 amide bonds. The maximum absolute atomic E-state index is 10.9. The summed E-state index contributed by atoms with van der Waals surface area (Å²) in [6.45, 7) is 0. The van der Waals surface area contributed by atoms with Crippen molar-refractivity contribution in [3.63, 3.8) is 0 Å². The van der Waals surface area contributed by atoms with E-state index >= 15 is 0 Å². The van der Waals surface area contributed by atoms with Gasteiger partial charge >= 0.3 is 17.9 Å². The molecular formula is C18H27N3O6S. The molecule has 0 saturated heterocycles. The number of ether oxygens (including phenoxy) is 1. The number of rotatable bonds is 6. The molecule has 156 valence electrons. The molecule has 4 N–H and O–H groups in total. The molecule has 0 bridgehead atoms. The Bertz CT molecular complexity index is 695. The topological polar surface area (TPSA) is 153 Å². The zero-order chi connectivity index (χ0) is 20.7. The van der Waals surface area contributed by atoms with Gasteiger partial charge in [0.05, 0.1) is 13.0 Å². The molecule has 0 aliphatic heterocycles. The number of anilines is 1. The molecule has 28 heavy (non-hydrogen) atoms. The number of hydrogen-bond donors (Lipinski definition) is 3. The smallest absolute Gasteiger partial charge is 0.306 e. The van der Waals surface area contributed by atoms with E-state index in [1.807, 2.05) is 0 Å². The lowest BCUT2D eigenvalue weighted by atomic mass is 10.0. The number of carboxylic acids is 2. The normalized spacial score (nSPS) is 26.3. The highest BCUT2D eigenvalue weighted by molar-refractivity contribution is 7.15. The van der Waals surface area contributed by atoms with E-state index in [2.05, 4.69) is 14.9 Å². The molecule has 0 aromatic carbocycles. The van der Waals surface area contributed by atoms with Crippen molar-refractivity contribution in [1.29, 1.82) is 0 Å². The maximum atomic E-state index is 10.9. The molecule has 2 aliphatic carbocycles. The van der Waals surface area contributed by atoms with E-state index in [1.165, 1.54) is 18.4 Å². The van der Waals surface area contributed by atoms with Gasteiger partial charge in [0.2, 0.25) is 5.13 Å². The second kappa shape index (κ2) is 10.4. The van der Waals surface area contributed by atoms with Crippen LogP contribution in [0.2, 0.25) is 0 Å². The Labute approximate surface area is 167 Å². The van der Waals surface area contributed by atoms with Crippen LogP contribution >= 0.6 is 11.3 Å². The molecule has 9 nitrogen and oxygen atoms in total. The molecule has 2 aliphatic rings. The summed E-state index contributed by atoms with van der Waals surface area (Å²) in [6, 6.07) is 0. The minimum absolute atomic E-state index is 0.202. The summed E-state index contributed by atoms with van der Waals surface area (Å²) in [6.07, 6.45) is 5.64. The van der Waals surface area contributed by atoms with Gasteiger partial charge in [-0.2, -0.15) is 0 Å². The minimum Gasteiger partial charge on any atom is -0.481 e. The predicted octanol–water partition coefficient (Wildman–Crippen LogP) is 2.53. The fourth-order valence-corrected chi connectivity index (χ4v) is 4.71. The number of nitrogens with zero attached hydrogens (tertiary/aromatic N) is 2. The molecule has 1 aromatic heterocycles. The van der Waals surface area contributed by atoms with Crippen molar-refractivity contribution in [1.82, 2.24) is 10.2 Å². The van der Waals surface area contributed by atoms with Crippen LogP contribution in [-0.2, 0) is 19.1 Å². The fraction of sp³-hybridized carbons (Fsp3) is 0.722. The van der Waals surface area contributed by atoms with Crippen LogP contribution in [-0.4, -0.2) is 45.4 Å². The summed E-state index contributed by atoms with van der Waals surface area (Å²) in [5, 5.41) is 26.6. The Morgan fingerprint density at radius 3 is 2.29 bits per heavy atom. The molecule has 10 heteroatoms. The molecule has 0 radical (unpaired) electrons. The number of nitrogen functional groups attached to an aromatic ring is 1. The lowest BCUT2D eigenvalue weighted by Crippen LogP contribution is -2.11. The molecule has 1 aromatic rings. The van der Waals surface area contributed by atoms with E-state index in [1.54, 1.807) is 0 Å². The number of nitrogens with two attached hydrogens (primary N) is 1. The van der Waals surface area contributed by atoms with Gasteiger partial charge in [0, 0.05) is 18.8 Å². The van der Waals surface area contributed by atoms with Crippen LogP contribution in [0.4, 0.5) is 5.13 Å². The number of methoxy groups -OCH3 is 1. The SMILES string of the molecule is COC(=O)C[C@@H]1CC[C@H](C(=O)O)C1.Nc1nnc([C@@H]2CC[C@H](CC(=O)O)C2)s1. The average molecular weight is 413 g/mol. The fourth-order valence-electron chi connectivity index (χ4n) is 3.95. The zero-order valence-corrected chi connectivity index (χ0v) is 16.7. The lowest BCUT2D eigenvalue weighted by molar-refractivity contribution is -0.143. The van der Waals surface area contributed by atoms with Crippen molar-refractivity contribution < 1.29 is 29.3 Å². The molecule has 3 rings (SSSR count). The maximum Gasteiger partial charge on any atom is 0.306 e. The van der Waals surface area contributed by atoms with Crippen molar-refractivity contribution in [3.05, 3.63) is 5.01 Å². The molecular weight excluding hydrogens is 386 g/mol. The summed E-state index contributed by atoms with van der Waals surface area (Å²) < 4.78 is 4.52. The summed E-state index contributed by atoms with van der Waals surface area (Å²) in [5.74, 6) is -1.09. The van der Waals surface area contributed by atoms with E-state index in [0.717, 1.165) is 30.7 Å². The highest BCUT2D eigenvalue weighted by Crippen LogP contribution is 2.40. The number of aromatic nitrogens is 2. The predicted molar refractivity (Wildman–Crippen MR) is 102 cm³/mol. The lowest BCUT2D eigenvalue weighted by Gasteiger charge is -2.06. The first kappa shape index (κ1) is 22.1. The van der Waals surface area contributed by atoms with Gasteiger partial charge in [0.15, 0.2) is 0 Å². The summed E-state index contributed by atoms with van der Waals surface area (Å²) in [5.41, 5.74) is 5.51. The molecule has 1 heterocycles. The van der Waals surface area contributed by atoms with Crippen LogP contribution in [0.15, 0.2) is 0 Å². The third-order valence-electron chi connectivity index (χ3n) is 5.38. The van der Waals surface area contributed by atoms with Crippen LogP contribution in [0.3, 0.4) is 0 Å². The molecule has 0 unspecified atom stereocenters. The summed E-state index contributed by atoms with van der Waals surface area (Å²) in [4.78, 5) is 32.0. The Hall–Kier alpha value is -2.23. The Morgan fingerprint density at radius 1 is 1.07 bits per heavy atom. The van der Waals surface area contributed by atoms with Crippen molar-refractivity contribution in [3.8, 4) is 0 Å². The number of carboxylic acid groups (broad SMARTS) is 2. The van der Waals surface area contributed by atoms with Crippen LogP contribution < -0.4 is 5.73 Å². The van der Waals surface area contributed by atoms with Gasteiger partial charge in [0.25, 0.3) is 0 Å². The second-order valence-corrected chi connectivity index (χ2v) is 8.49. The van der Waals surface area contributed by atoms with Crippen LogP contribution in [0.25, 0.3) is 0 Å². The Morgan fingerprint density at radius 2 is 1.75 bits per heavy atom. The number of esters is 1. The number of hydrogen-bond acceptors (Lipinski definition) is 8. The van der Waals surface area contributed by atoms with Gasteiger partial charge in [-0.05, 0) is 50.4 Å². The van der Waals surface area contributed by atoms with Gasteiger partial charge in [-0.25, -0.2) is 0 Å². The van der Waals surface area contributed by atoms with Crippen LogP contribution in [0, 0.1) is 17.8 Å². The number of aliphatic carboxylic acids is 2. The summed E-state index contributed by atoms with van der Waals surface area (Å²) in [7, 11) is 1.35. The third kappa shape index (κ3) is 6.74. The monoisotopic (exact) mass is 413 g/mol. The summed E-state index contributed by atoms with van der Waals surface area (Å²) >= 11 is 1.41. The molecule has 2 fully saturated rings. The molecule has 2 saturated carbocycles. The van der Waals surface area contributed by atoms with Crippen molar-refractivity contribution in [2.75, 3.05) is 12.8 Å². The molecule has 4 atom stereocenters. The molecule has 0 spiro atoms. The first-order chi connectivity index (χ1) is 13.3. The zero-order valence-electron chi connectivity index (χ0n) is 15.9. The quantitative estimate of drug-likeness (QED) is 0.597. The van der Waals surface area contributed by atoms with Crippen molar-refractivity contribution in [2.45, 2.75) is 57.3 Å². The second-order valence-electron chi connectivity index (χ2n) is 7.45. The standard InChI is InChI=1S/C9H13N3O2S.C9H14O4/c10-9-12-11-8(15-9)6-2-1-5(3-6)4-7(13)14;1-13-8(10)5-6-2-3-7(4-6)9(11)12/h5-6H,1-4H2,(H2,10,12)(H,13,14);6-7H,2-5H2,1H3,(H,11,12)/t5-,6+;6-,7+/m01/s1. The van der Waals surface area contributed by atoms with Crippen molar-refractivity contribution >= 4 is 34.4 Å². The van der Waals surface area contributed by atoms with Crippen molar-refractivity contribution in [2.24, 2.45) is 17.8 Å². The van der Waals surface area contributed by atoms with E-state index in [4.69, 9.17) is 15.9 Å². The van der Waals surface area contributed by atoms with E-state index in [9.17, 15) is 14.4 Å². The van der Waals surface area contributed by atoms with E-state index in [-0.39, 0.29) is 30.1 Å². The Kier molecular flexibility index (Phi) is 8.16. The van der Waals surface area contributed by atoms with Gasteiger partial charge in [-0.15, -0.1) is 10.2 Å². The minimum atomic E-state index is -0.743. The first-order valence-corrected chi connectivity index (χ1v) is 10.2. The van der Waals surface area contributed by atoms with Gasteiger partial charge in [0.1, 0.15) is 5.01 Å². The van der Waals surface area contributed by atoms with Crippen LogP contribution in [0.1, 0.15) is 62.3 Å². The van der Waals surface area contributed by atoms with Gasteiger partial charge in [-0.3, -0.25) is 14.4 Å². The van der Waals surface area contributed by atoms with Gasteiger partial charge < -0.3 is 20.7 Å². The number of carbonyl (C=O) groups is 3. The highest BCUT2D eigenvalue weighted by atomic mass is 32.1. The number of carbonyl (C=O) groups excluding carboxylic acids is 1. The van der Waals surface area contributed by atoms with Gasteiger partial charge in [-0.1, -0.05) is 11.3 Å². The third-order valence-corrected chi connectivity index (χ3v) is 6.30. The Balaban J connectivity index is 0.000000203. The average Bonchev–Trinajstić information content (AvgIpc) is 3.36. The van der Waals surface area contributed by atoms with E-state index in [0.29, 0.717) is 30.3 Å². The van der Waals surface area contributed by atoms with E-state index < -0.39 is 11.9 Å².